The highest BCUT2D eigenvalue weighted by atomic mass is 19.1. The van der Waals surface area contributed by atoms with Gasteiger partial charge in [0.15, 0.2) is 0 Å². The molecule has 0 spiro atoms. The molecule has 30 heavy (non-hydrogen) atoms. The second-order valence-electron chi connectivity index (χ2n) is 7.18. The van der Waals surface area contributed by atoms with E-state index in [2.05, 4.69) is 10.6 Å². The highest BCUT2D eigenvalue weighted by Gasteiger charge is 2.49. The smallest absolute Gasteiger partial charge is 0.322 e. The lowest BCUT2D eigenvalue weighted by Gasteiger charge is -2.22. The molecule has 3 aromatic rings. The summed E-state index contributed by atoms with van der Waals surface area (Å²) in [6.45, 7) is 0.958. The molecule has 6 nitrogen and oxygen atoms in total. The van der Waals surface area contributed by atoms with Crippen LogP contribution in [-0.2, 0) is 15.1 Å². The van der Waals surface area contributed by atoms with Crippen LogP contribution in [0.3, 0.4) is 0 Å². The van der Waals surface area contributed by atoms with Crippen LogP contribution in [-0.4, -0.2) is 29.3 Å². The van der Waals surface area contributed by atoms with Crippen LogP contribution in [0.5, 0.6) is 0 Å². The van der Waals surface area contributed by atoms with Crippen molar-refractivity contribution in [1.29, 1.82) is 0 Å². The molecule has 1 fully saturated rings. The first-order valence-corrected chi connectivity index (χ1v) is 9.16. The minimum absolute atomic E-state index is 0.245. The summed E-state index contributed by atoms with van der Waals surface area (Å²) in [6.07, 6.45) is 0. The zero-order valence-electron chi connectivity index (χ0n) is 15.9. The third-order valence-electron chi connectivity index (χ3n) is 5.11. The molecular formula is C22H17F2N3O3. The van der Waals surface area contributed by atoms with E-state index < -0.39 is 41.6 Å². The van der Waals surface area contributed by atoms with Gasteiger partial charge >= 0.3 is 6.03 Å². The van der Waals surface area contributed by atoms with Crippen molar-refractivity contribution in [2.45, 2.75) is 12.5 Å². The second-order valence-corrected chi connectivity index (χ2v) is 7.18. The maximum atomic E-state index is 13.7. The standard InChI is InChI=1S/C22H17F2N3O3/c1-22(15-7-6-13-4-2-3-5-14(13)10-15)20(29)27(21(30)26-22)12-19(28)25-18-9-8-16(23)11-17(18)24/h2-11H,12H2,1H3,(H,25,28)(H,26,30). The Morgan fingerprint density at radius 2 is 1.77 bits per heavy atom. The number of carbonyl (C=O) groups is 3. The molecule has 1 atom stereocenters. The van der Waals surface area contributed by atoms with Gasteiger partial charge in [-0.15, -0.1) is 0 Å². The summed E-state index contributed by atoms with van der Waals surface area (Å²) in [6, 6.07) is 15.0. The summed E-state index contributed by atoms with van der Waals surface area (Å²) >= 11 is 0. The number of hydrogen-bond donors (Lipinski definition) is 2. The number of hydrogen-bond acceptors (Lipinski definition) is 3. The summed E-state index contributed by atoms with van der Waals surface area (Å²) in [4.78, 5) is 38.5. The number of benzene rings is 3. The van der Waals surface area contributed by atoms with Crippen molar-refractivity contribution >= 4 is 34.3 Å². The zero-order valence-corrected chi connectivity index (χ0v) is 15.9. The second kappa shape index (κ2) is 7.22. The van der Waals surface area contributed by atoms with Gasteiger partial charge in [-0.3, -0.25) is 14.5 Å². The molecule has 0 saturated carbocycles. The molecule has 4 amide bonds. The number of amides is 4. The summed E-state index contributed by atoms with van der Waals surface area (Å²) in [5, 5.41) is 6.76. The molecule has 3 aromatic carbocycles. The number of anilines is 1. The van der Waals surface area contributed by atoms with E-state index in [0.717, 1.165) is 27.8 Å². The third kappa shape index (κ3) is 3.36. The molecule has 0 aromatic heterocycles. The molecule has 152 valence electrons. The van der Waals surface area contributed by atoms with E-state index in [-0.39, 0.29) is 5.69 Å². The van der Waals surface area contributed by atoms with Crippen molar-refractivity contribution < 1.29 is 23.2 Å². The molecule has 0 radical (unpaired) electrons. The molecule has 0 aliphatic carbocycles. The van der Waals surface area contributed by atoms with Gasteiger partial charge < -0.3 is 10.6 Å². The molecule has 1 aliphatic rings. The Hall–Kier alpha value is -3.81. The fraction of sp³-hybridized carbons (Fsp3) is 0.136. The number of imide groups is 1. The quantitative estimate of drug-likeness (QED) is 0.647. The molecule has 1 aliphatic heterocycles. The van der Waals surface area contributed by atoms with Gasteiger partial charge in [0.25, 0.3) is 5.91 Å². The summed E-state index contributed by atoms with van der Waals surface area (Å²) in [5.41, 5.74) is -1.01. The van der Waals surface area contributed by atoms with E-state index in [1.165, 1.54) is 0 Å². The molecule has 8 heteroatoms. The Kier molecular flexibility index (Phi) is 4.69. The van der Waals surface area contributed by atoms with Gasteiger partial charge in [0.2, 0.25) is 5.91 Å². The number of halogens is 2. The third-order valence-corrected chi connectivity index (χ3v) is 5.11. The number of rotatable bonds is 4. The highest BCUT2D eigenvalue weighted by Crippen LogP contribution is 2.31. The Morgan fingerprint density at radius 1 is 1.03 bits per heavy atom. The van der Waals surface area contributed by atoms with E-state index in [0.29, 0.717) is 11.6 Å². The number of urea groups is 1. The van der Waals surface area contributed by atoms with Gasteiger partial charge in [0, 0.05) is 6.07 Å². The van der Waals surface area contributed by atoms with Crippen molar-refractivity contribution in [2.24, 2.45) is 0 Å². The van der Waals surface area contributed by atoms with Crippen LogP contribution in [0.4, 0.5) is 19.3 Å². The Balaban J connectivity index is 1.54. The van der Waals surface area contributed by atoms with E-state index in [4.69, 9.17) is 0 Å². The van der Waals surface area contributed by atoms with Crippen LogP contribution in [0.15, 0.2) is 60.7 Å². The molecule has 0 bridgehead atoms. The van der Waals surface area contributed by atoms with Gasteiger partial charge in [0.1, 0.15) is 23.7 Å². The zero-order chi connectivity index (χ0) is 21.5. The average Bonchev–Trinajstić information content (AvgIpc) is 2.94. The van der Waals surface area contributed by atoms with E-state index in [9.17, 15) is 23.2 Å². The monoisotopic (exact) mass is 409 g/mol. The predicted octanol–water partition coefficient (Wildman–Crippen LogP) is 3.52. The minimum Gasteiger partial charge on any atom is -0.322 e. The Morgan fingerprint density at radius 3 is 2.50 bits per heavy atom. The predicted molar refractivity (Wildman–Crippen MR) is 107 cm³/mol. The van der Waals surface area contributed by atoms with Gasteiger partial charge in [0.05, 0.1) is 5.69 Å². The van der Waals surface area contributed by atoms with Crippen LogP contribution >= 0.6 is 0 Å². The summed E-state index contributed by atoms with van der Waals surface area (Å²) < 4.78 is 26.7. The van der Waals surface area contributed by atoms with Crippen LogP contribution < -0.4 is 10.6 Å². The van der Waals surface area contributed by atoms with Gasteiger partial charge in [-0.1, -0.05) is 36.4 Å². The van der Waals surface area contributed by atoms with E-state index >= 15 is 0 Å². The van der Waals surface area contributed by atoms with E-state index in [1.807, 2.05) is 36.4 Å². The Labute approximate surface area is 170 Å². The first kappa shape index (κ1) is 19.5. The minimum atomic E-state index is -1.34. The topological polar surface area (TPSA) is 78.5 Å². The molecule has 1 saturated heterocycles. The van der Waals surface area contributed by atoms with Crippen LogP contribution in [0.25, 0.3) is 10.8 Å². The maximum absolute atomic E-state index is 13.7. The van der Waals surface area contributed by atoms with Crippen molar-refractivity contribution in [3.05, 3.63) is 77.9 Å². The van der Waals surface area contributed by atoms with Gasteiger partial charge in [-0.2, -0.15) is 0 Å². The summed E-state index contributed by atoms with van der Waals surface area (Å²) in [5.74, 6) is -3.13. The first-order chi connectivity index (χ1) is 14.3. The average molecular weight is 409 g/mol. The summed E-state index contributed by atoms with van der Waals surface area (Å²) in [7, 11) is 0. The lowest BCUT2D eigenvalue weighted by molar-refractivity contribution is -0.133. The van der Waals surface area contributed by atoms with Crippen LogP contribution in [0, 0.1) is 11.6 Å². The largest absolute Gasteiger partial charge is 0.325 e. The Bertz CT molecular complexity index is 1200. The van der Waals surface area contributed by atoms with Gasteiger partial charge in [-0.05, 0) is 41.5 Å². The fourth-order valence-corrected chi connectivity index (χ4v) is 3.46. The van der Waals surface area contributed by atoms with Crippen molar-refractivity contribution in [3.8, 4) is 0 Å². The van der Waals surface area contributed by atoms with Crippen molar-refractivity contribution in [3.63, 3.8) is 0 Å². The molecule has 2 N–H and O–H groups in total. The number of carbonyl (C=O) groups excluding carboxylic acids is 3. The number of nitrogens with one attached hydrogen (secondary N) is 2. The molecule has 4 rings (SSSR count). The van der Waals surface area contributed by atoms with Crippen molar-refractivity contribution in [1.82, 2.24) is 10.2 Å². The SMILES string of the molecule is CC1(c2ccc3ccccc3c2)NC(=O)N(CC(=O)Nc2ccc(F)cc2F)C1=O. The fourth-order valence-electron chi connectivity index (χ4n) is 3.46. The molecule has 1 heterocycles. The lowest BCUT2D eigenvalue weighted by Crippen LogP contribution is -2.42. The normalized spacial score (nSPS) is 18.6. The van der Waals surface area contributed by atoms with Crippen molar-refractivity contribution in [2.75, 3.05) is 11.9 Å². The number of nitrogens with zero attached hydrogens (tertiary/aromatic N) is 1. The lowest BCUT2D eigenvalue weighted by atomic mass is 9.90. The van der Waals surface area contributed by atoms with Crippen LogP contribution in [0.1, 0.15) is 12.5 Å². The number of fused-ring (bicyclic) bond motifs is 1. The van der Waals surface area contributed by atoms with E-state index in [1.54, 1.807) is 13.0 Å². The molecular weight excluding hydrogens is 392 g/mol. The van der Waals surface area contributed by atoms with Crippen LogP contribution in [0.2, 0.25) is 0 Å². The first-order valence-electron chi connectivity index (χ1n) is 9.16. The maximum Gasteiger partial charge on any atom is 0.325 e. The highest BCUT2D eigenvalue weighted by molar-refractivity contribution is 6.10. The van der Waals surface area contributed by atoms with Gasteiger partial charge in [-0.25, -0.2) is 13.6 Å². The molecule has 1 unspecified atom stereocenters.